The highest BCUT2D eigenvalue weighted by atomic mass is 16.3. The Morgan fingerprint density at radius 3 is 2.25 bits per heavy atom. The lowest BCUT2D eigenvalue weighted by Gasteiger charge is -2.08. The quantitative estimate of drug-likeness (QED) is 0.764. The molecule has 0 fully saturated rings. The molecule has 2 N–H and O–H groups in total. The van der Waals surface area contributed by atoms with Gasteiger partial charge in [0.1, 0.15) is 11.5 Å². The van der Waals surface area contributed by atoms with E-state index in [-0.39, 0.29) is 11.5 Å². The fourth-order valence-corrected chi connectivity index (χ4v) is 1.84. The van der Waals surface area contributed by atoms with Crippen LogP contribution in [0.1, 0.15) is 11.1 Å². The zero-order chi connectivity index (χ0) is 11.7. The molecule has 82 valence electrons. The van der Waals surface area contributed by atoms with Gasteiger partial charge < -0.3 is 10.2 Å². The van der Waals surface area contributed by atoms with Crippen molar-refractivity contribution in [2.45, 2.75) is 13.8 Å². The predicted octanol–water partition coefficient (Wildman–Crippen LogP) is 3.38. The molecule has 0 spiro atoms. The molecule has 0 heterocycles. The van der Waals surface area contributed by atoms with Gasteiger partial charge in [-0.3, -0.25) is 0 Å². The van der Waals surface area contributed by atoms with Crippen molar-refractivity contribution in [2.24, 2.45) is 0 Å². The first-order valence-electron chi connectivity index (χ1n) is 5.17. The zero-order valence-corrected chi connectivity index (χ0v) is 9.36. The number of hydrogen-bond donors (Lipinski definition) is 2. The van der Waals surface area contributed by atoms with Crippen LogP contribution >= 0.6 is 0 Å². The lowest BCUT2D eigenvalue weighted by molar-refractivity contribution is 0.474. The highest BCUT2D eigenvalue weighted by Crippen LogP contribution is 2.30. The fourth-order valence-electron chi connectivity index (χ4n) is 1.84. The number of benzene rings is 2. The van der Waals surface area contributed by atoms with Crippen molar-refractivity contribution in [1.29, 1.82) is 0 Å². The molecule has 0 aliphatic rings. The first-order valence-corrected chi connectivity index (χ1v) is 5.17. The molecule has 0 saturated heterocycles. The van der Waals surface area contributed by atoms with Gasteiger partial charge in [-0.1, -0.05) is 12.1 Å². The Balaban J connectivity index is 2.62. The average Bonchev–Trinajstić information content (AvgIpc) is 2.20. The fraction of sp³-hybridized carbons (Fsp3) is 0.143. The van der Waals surface area contributed by atoms with Crippen LogP contribution in [0.5, 0.6) is 11.5 Å². The Morgan fingerprint density at radius 1 is 0.812 bits per heavy atom. The summed E-state index contributed by atoms with van der Waals surface area (Å²) >= 11 is 0. The van der Waals surface area contributed by atoms with Crippen LogP contribution in [-0.4, -0.2) is 10.2 Å². The number of aryl methyl sites for hydroxylation is 2. The number of phenolic OH excluding ortho intramolecular Hbond substituents is 2. The van der Waals surface area contributed by atoms with Crippen molar-refractivity contribution in [3.8, 4) is 22.6 Å². The van der Waals surface area contributed by atoms with Crippen molar-refractivity contribution >= 4 is 0 Å². The van der Waals surface area contributed by atoms with Crippen LogP contribution in [0.25, 0.3) is 11.1 Å². The minimum absolute atomic E-state index is 0.238. The molecule has 0 saturated carbocycles. The number of rotatable bonds is 1. The summed E-state index contributed by atoms with van der Waals surface area (Å²) in [7, 11) is 0. The van der Waals surface area contributed by atoms with E-state index in [0.717, 1.165) is 22.3 Å². The molecule has 2 rings (SSSR count). The van der Waals surface area contributed by atoms with E-state index >= 15 is 0 Å². The van der Waals surface area contributed by atoms with Gasteiger partial charge in [-0.25, -0.2) is 0 Å². The van der Waals surface area contributed by atoms with Crippen LogP contribution in [0.15, 0.2) is 36.4 Å². The molecular formula is C14H14O2. The molecule has 2 aromatic carbocycles. The first-order chi connectivity index (χ1) is 7.56. The lowest BCUT2D eigenvalue weighted by Crippen LogP contribution is -1.84. The first kappa shape index (κ1) is 10.6. The molecule has 2 heteroatoms. The van der Waals surface area contributed by atoms with Crippen molar-refractivity contribution in [1.82, 2.24) is 0 Å². The van der Waals surface area contributed by atoms with Gasteiger partial charge in [-0.2, -0.15) is 0 Å². The third kappa shape index (κ3) is 2.01. The standard InChI is InChI=1S/C14H14O2/c1-9-5-11(7-13(16)6-9)14-8-12(15)4-3-10(14)2/h3-8,15-16H,1-2H3. The van der Waals surface area contributed by atoms with E-state index in [9.17, 15) is 10.2 Å². The Labute approximate surface area is 94.8 Å². The average molecular weight is 214 g/mol. The van der Waals surface area contributed by atoms with Gasteiger partial charge in [0.15, 0.2) is 0 Å². The van der Waals surface area contributed by atoms with Crippen LogP contribution in [-0.2, 0) is 0 Å². The molecule has 0 radical (unpaired) electrons. The molecule has 2 nitrogen and oxygen atoms in total. The maximum atomic E-state index is 9.55. The molecular weight excluding hydrogens is 200 g/mol. The second kappa shape index (κ2) is 3.89. The largest absolute Gasteiger partial charge is 0.508 e. The summed E-state index contributed by atoms with van der Waals surface area (Å²) in [5, 5.41) is 19.0. The Bertz CT molecular complexity index is 510. The molecule has 0 atom stereocenters. The van der Waals surface area contributed by atoms with E-state index in [1.54, 1.807) is 24.3 Å². The van der Waals surface area contributed by atoms with E-state index < -0.39 is 0 Å². The monoisotopic (exact) mass is 214 g/mol. The second-order valence-electron chi connectivity index (χ2n) is 4.06. The molecule has 0 unspecified atom stereocenters. The zero-order valence-electron chi connectivity index (χ0n) is 9.36. The summed E-state index contributed by atoms with van der Waals surface area (Å²) in [6.45, 7) is 3.91. The summed E-state index contributed by atoms with van der Waals surface area (Å²) in [6, 6.07) is 10.6. The van der Waals surface area contributed by atoms with Gasteiger partial charge in [-0.05, 0) is 60.4 Å². The minimum atomic E-state index is 0.238. The van der Waals surface area contributed by atoms with Gasteiger partial charge >= 0.3 is 0 Å². The Morgan fingerprint density at radius 2 is 1.56 bits per heavy atom. The van der Waals surface area contributed by atoms with Gasteiger partial charge in [0, 0.05) is 0 Å². The van der Waals surface area contributed by atoms with Crippen LogP contribution in [0, 0.1) is 13.8 Å². The lowest BCUT2D eigenvalue weighted by atomic mass is 9.98. The highest BCUT2D eigenvalue weighted by molar-refractivity contribution is 5.70. The topological polar surface area (TPSA) is 40.5 Å². The van der Waals surface area contributed by atoms with Gasteiger partial charge in [0.05, 0.1) is 0 Å². The van der Waals surface area contributed by atoms with Gasteiger partial charge in [-0.15, -0.1) is 0 Å². The van der Waals surface area contributed by atoms with Crippen LogP contribution < -0.4 is 0 Å². The molecule has 2 aromatic rings. The van der Waals surface area contributed by atoms with E-state index in [4.69, 9.17) is 0 Å². The summed E-state index contributed by atoms with van der Waals surface area (Å²) in [5.41, 5.74) is 3.94. The number of phenols is 2. The van der Waals surface area contributed by atoms with Gasteiger partial charge in [0.2, 0.25) is 0 Å². The molecule has 0 aromatic heterocycles. The molecule has 0 amide bonds. The van der Waals surface area contributed by atoms with Crippen molar-refractivity contribution in [3.05, 3.63) is 47.5 Å². The predicted molar refractivity (Wildman–Crippen MR) is 64.7 cm³/mol. The molecule has 0 aliphatic carbocycles. The van der Waals surface area contributed by atoms with Crippen molar-refractivity contribution in [3.63, 3.8) is 0 Å². The van der Waals surface area contributed by atoms with Crippen molar-refractivity contribution in [2.75, 3.05) is 0 Å². The summed E-state index contributed by atoms with van der Waals surface area (Å²) in [4.78, 5) is 0. The minimum Gasteiger partial charge on any atom is -0.508 e. The van der Waals surface area contributed by atoms with E-state index in [1.165, 1.54) is 0 Å². The number of hydrogen-bond acceptors (Lipinski definition) is 2. The third-order valence-corrected chi connectivity index (χ3v) is 2.59. The van der Waals surface area contributed by atoms with Crippen molar-refractivity contribution < 1.29 is 10.2 Å². The van der Waals surface area contributed by atoms with Gasteiger partial charge in [0.25, 0.3) is 0 Å². The summed E-state index contributed by atoms with van der Waals surface area (Å²) < 4.78 is 0. The molecule has 16 heavy (non-hydrogen) atoms. The molecule has 0 bridgehead atoms. The molecule has 0 aliphatic heterocycles. The van der Waals surface area contributed by atoms with E-state index in [2.05, 4.69) is 0 Å². The SMILES string of the molecule is Cc1cc(O)cc(-c2cc(O)ccc2C)c1. The normalized spacial score (nSPS) is 10.4. The summed E-state index contributed by atoms with van der Waals surface area (Å²) in [6.07, 6.45) is 0. The maximum absolute atomic E-state index is 9.55. The Hall–Kier alpha value is -1.96. The maximum Gasteiger partial charge on any atom is 0.116 e. The van der Waals surface area contributed by atoms with Crippen LogP contribution in [0.2, 0.25) is 0 Å². The smallest absolute Gasteiger partial charge is 0.116 e. The second-order valence-corrected chi connectivity index (χ2v) is 4.06. The Kier molecular flexibility index (Phi) is 2.57. The number of aromatic hydroxyl groups is 2. The summed E-state index contributed by atoms with van der Waals surface area (Å²) in [5.74, 6) is 0.485. The van der Waals surface area contributed by atoms with Crippen LogP contribution in [0.3, 0.4) is 0 Å². The highest BCUT2D eigenvalue weighted by Gasteiger charge is 2.05. The third-order valence-electron chi connectivity index (χ3n) is 2.59. The van der Waals surface area contributed by atoms with E-state index in [0.29, 0.717) is 0 Å². The van der Waals surface area contributed by atoms with Crippen LogP contribution in [0.4, 0.5) is 0 Å². The van der Waals surface area contributed by atoms with E-state index in [1.807, 2.05) is 26.0 Å².